The number of hydrogen-bond acceptors (Lipinski definition) is 4. The topological polar surface area (TPSA) is 49.9 Å². The average Bonchev–Trinajstić information content (AvgIpc) is 2.91. The molecule has 1 aromatic carbocycles. The van der Waals surface area contributed by atoms with Gasteiger partial charge in [-0.05, 0) is 44.9 Å². The monoisotopic (exact) mass is 307 g/mol. The fourth-order valence-electron chi connectivity index (χ4n) is 2.21. The summed E-state index contributed by atoms with van der Waals surface area (Å²) in [7, 11) is 1.68. The molecule has 1 aromatic heterocycles. The molecule has 5 heteroatoms. The van der Waals surface area contributed by atoms with Crippen LogP contribution in [-0.2, 0) is 0 Å². The number of ether oxygens (including phenoxy) is 1. The van der Waals surface area contributed by atoms with Crippen molar-refractivity contribution in [3.8, 4) is 5.75 Å². The van der Waals surface area contributed by atoms with Crippen LogP contribution < -0.4 is 10.1 Å². The molecule has 0 aliphatic rings. The van der Waals surface area contributed by atoms with Gasteiger partial charge >= 0.3 is 0 Å². The van der Waals surface area contributed by atoms with E-state index in [-0.39, 0.29) is 0 Å². The van der Waals surface area contributed by atoms with Crippen molar-refractivity contribution >= 4 is 22.8 Å². The first kappa shape index (κ1) is 16.2. The Morgan fingerprint density at radius 3 is 3.05 bits per heavy atom. The number of methoxy groups -OCH3 is 1. The SMILES string of the molecule is CCCNC(C)CCCSc1nc2ccc(OC)cc2[nH]1. The van der Waals surface area contributed by atoms with Crippen molar-refractivity contribution in [1.29, 1.82) is 0 Å². The highest BCUT2D eigenvalue weighted by molar-refractivity contribution is 7.99. The van der Waals surface area contributed by atoms with Gasteiger partial charge in [0.15, 0.2) is 5.16 Å². The number of nitrogens with zero attached hydrogens (tertiary/aromatic N) is 1. The Kier molecular flexibility index (Phi) is 6.39. The van der Waals surface area contributed by atoms with E-state index in [2.05, 4.69) is 29.1 Å². The van der Waals surface area contributed by atoms with Gasteiger partial charge in [0, 0.05) is 17.9 Å². The Balaban J connectivity index is 1.78. The fourth-order valence-corrected chi connectivity index (χ4v) is 3.06. The van der Waals surface area contributed by atoms with Gasteiger partial charge in [0.05, 0.1) is 18.1 Å². The van der Waals surface area contributed by atoms with Gasteiger partial charge in [-0.3, -0.25) is 0 Å². The zero-order valence-electron chi connectivity index (χ0n) is 13.1. The normalized spacial score (nSPS) is 12.7. The molecule has 1 heterocycles. The van der Waals surface area contributed by atoms with Gasteiger partial charge in [-0.1, -0.05) is 18.7 Å². The maximum Gasteiger partial charge on any atom is 0.166 e. The van der Waals surface area contributed by atoms with Crippen LogP contribution >= 0.6 is 11.8 Å². The minimum Gasteiger partial charge on any atom is -0.497 e. The summed E-state index contributed by atoms with van der Waals surface area (Å²) in [5.74, 6) is 1.95. The zero-order valence-corrected chi connectivity index (χ0v) is 13.9. The van der Waals surface area contributed by atoms with Crippen molar-refractivity contribution in [2.45, 2.75) is 44.3 Å². The average molecular weight is 307 g/mol. The van der Waals surface area contributed by atoms with Crippen molar-refractivity contribution in [3.63, 3.8) is 0 Å². The van der Waals surface area contributed by atoms with Crippen LogP contribution in [0.15, 0.2) is 23.4 Å². The van der Waals surface area contributed by atoms with Crippen molar-refractivity contribution in [2.24, 2.45) is 0 Å². The molecular weight excluding hydrogens is 282 g/mol. The number of thioether (sulfide) groups is 1. The van der Waals surface area contributed by atoms with E-state index in [1.807, 2.05) is 18.2 Å². The predicted molar refractivity (Wildman–Crippen MR) is 90.4 cm³/mol. The Morgan fingerprint density at radius 1 is 1.43 bits per heavy atom. The summed E-state index contributed by atoms with van der Waals surface area (Å²) < 4.78 is 5.23. The van der Waals surface area contributed by atoms with E-state index in [4.69, 9.17) is 4.74 Å². The van der Waals surface area contributed by atoms with E-state index in [0.717, 1.165) is 34.2 Å². The second kappa shape index (κ2) is 8.29. The molecular formula is C16H25N3OS. The number of nitrogens with one attached hydrogen (secondary N) is 2. The van der Waals surface area contributed by atoms with Gasteiger partial charge in [-0.2, -0.15) is 0 Å². The van der Waals surface area contributed by atoms with Gasteiger partial charge in [0.1, 0.15) is 5.75 Å². The van der Waals surface area contributed by atoms with Crippen LogP contribution in [0.3, 0.4) is 0 Å². The minimum absolute atomic E-state index is 0.602. The summed E-state index contributed by atoms with van der Waals surface area (Å²) in [5, 5.41) is 4.51. The number of aromatic nitrogens is 2. The van der Waals surface area contributed by atoms with Crippen molar-refractivity contribution < 1.29 is 4.74 Å². The van der Waals surface area contributed by atoms with Crippen molar-refractivity contribution in [3.05, 3.63) is 18.2 Å². The second-order valence-electron chi connectivity index (χ2n) is 5.27. The molecule has 2 aromatic rings. The molecule has 21 heavy (non-hydrogen) atoms. The van der Waals surface area contributed by atoms with E-state index in [1.54, 1.807) is 18.9 Å². The van der Waals surface area contributed by atoms with Crippen LogP contribution in [0.5, 0.6) is 5.75 Å². The first-order valence-electron chi connectivity index (χ1n) is 7.63. The molecule has 4 nitrogen and oxygen atoms in total. The highest BCUT2D eigenvalue weighted by Crippen LogP contribution is 2.23. The number of benzene rings is 1. The standard InChI is InChI=1S/C16H25N3OS/c1-4-9-17-12(2)6-5-10-21-16-18-14-8-7-13(20-3)11-15(14)19-16/h7-8,11-12,17H,4-6,9-10H2,1-3H3,(H,18,19). The zero-order chi connectivity index (χ0) is 15.1. The Morgan fingerprint density at radius 2 is 2.29 bits per heavy atom. The molecule has 0 fully saturated rings. The quantitative estimate of drug-likeness (QED) is 0.546. The first-order chi connectivity index (χ1) is 10.2. The third kappa shape index (κ3) is 4.93. The lowest BCUT2D eigenvalue weighted by atomic mass is 10.2. The summed E-state index contributed by atoms with van der Waals surface area (Å²) >= 11 is 1.79. The molecule has 0 spiro atoms. The number of fused-ring (bicyclic) bond motifs is 1. The second-order valence-corrected chi connectivity index (χ2v) is 6.35. The number of rotatable bonds is 9. The third-order valence-corrected chi connectivity index (χ3v) is 4.39. The van der Waals surface area contributed by atoms with Crippen LogP contribution in [0.1, 0.15) is 33.1 Å². The molecule has 0 bridgehead atoms. The van der Waals surface area contributed by atoms with Crippen molar-refractivity contribution in [1.82, 2.24) is 15.3 Å². The van der Waals surface area contributed by atoms with E-state index in [0.29, 0.717) is 6.04 Å². The first-order valence-corrected chi connectivity index (χ1v) is 8.61. The van der Waals surface area contributed by atoms with E-state index < -0.39 is 0 Å². The van der Waals surface area contributed by atoms with Gasteiger partial charge in [0.2, 0.25) is 0 Å². The Labute approximate surface area is 131 Å². The Hall–Kier alpha value is -1.20. The summed E-state index contributed by atoms with van der Waals surface area (Å²) in [6.45, 7) is 5.57. The van der Waals surface area contributed by atoms with Gasteiger partial charge in [-0.15, -0.1) is 0 Å². The van der Waals surface area contributed by atoms with Crippen LogP contribution in [0.4, 0.5) is 0 Å². The molecule has 0 saturated heterocycles. The number of hydrogen-bond donors (Lipinski definition) is 2. The maximum absolute atomic E-state index is 5.23. The van der Waals surface area contributed by atoms with Gasteiger partial charge < -0.3 is 15.0 Å². The lowest BCUT2D eigenvalue weighted by molar-refractivity contribution is 0.415. The number of aromatic amines is 1. The highest BCUT2D eigenvalue weighted by atomic mass is 32.2. The summed E-state index contributed by atoms with van der Waals surface area (Å²) in [5.41, 5.74) is 2.03. The molecule has 1 atom stereocenters. The highest BCUT2D eigenvalue weighted by Gasteiger charge is 2.05. The lowest BCUT2D eigenvalue weighted by Crippen LogP contribution is -2.26. The third-order valence-electron chi connectivity index (χ3n) is 3.43. The fraction of sp³-hybridized carbons (Fsp3) is 0.562. The summed E-state index contributed by atoms with van der Waals surface area (Å²) in [6.07, 6.45) is 3.60. The molecule has 2 N–H and O–H groups in total. The summed E-state index contributed by atoms with van der Waals surface area (Å²) in [6, 6.07) is 6.53. The molecule has 1 unspecified atom stereocenters. The largest absolute Gasteiger partial charge is 0.497 e. The lowest BCUT2D eigenvalue weighted by Gasteiger charge is -2.12. The van der Waals surface area contributed by atoms with Crippen LogP contribution in [0.25, 0.3) is 11.0 Å². The van der Waals surface area contributed by atoms with Gasteiger partial charge in [-0.25, -0.2) is 4.98 Å². The van der Waals surface area contributed by atoms with E-state index in [1.165, 1.54) is 19.3 Å². The minimum atomic E-state index is 0.602. The van der Waals surface area contributed by atoms with Gasteiger partial charge in [0.25, 0.3) is 0 Å². The molecule has 0 aliphatic heterocycles. The molecule has 0 aliphatic carbocycles. The van der Waals surface area contributed by atoms with E-state index in [9.17, 15) is 0 Å². The number of imidazole rings is 1. The van der Waals surface area contributed by atoms with Crippen molar-refractivity contribution in [2.75, 3.05) is 19.4 Å². The Bertz CT molecular complexity index is 555. The molecule has 2 rings (SSSR count). The van der Waals surface area contributed by atoms with Crippen LogP contribution in [-0.4, -0.2) is 35.4 Å². The molecule has 0 saturated carbocycles. The smallest absolute Gasteiger partial charge is 0.166 e. The van der Waals surface area contributed by atoms with E-state index >= 15 is 0 Å². The summed E-state index contributed by atoms with van der Waals surface area (Å²) in [4.78, 5) is 7.94. The maximum atomic E-state index is 5.23. The molecule has 0 amide bonds. The van der Waals surface area contributed by atoms with Crippen LogP contribution in [0, 0.1) is 0 Å². The number of H-pyrrole nitrogens is 1. The van der Waals surface area contributed by atoms with Crippen LogP contribution in [0.2, 0.25) is 0 Å². The molecule has 116 valence electrons. The predicted octanol–water partition coefficient (Wildman–Crippen LogP) is 3.83. The molecule has 0 radical (unpaired) electrons.